The number of nitrogens with one attached hydrogen (secondary N) is 2. The number of hydrogen-bond donors (Lipinski definition) is 2. The van der Waals surface area contributed by atoms with Gasteiger partial charge in [0, 0.05) is 43.4 Å². The first-order chi connectivity index (χ1) is 14.4. The molecular formula is C21H28ClN5O2S. The van der Waals surface area contributed by atoms with Crippen LogP contribution in [0, 0.1) is 0 Å². The Bertz CT molecular complexity index is 971. The Balaban J connectivity index is 1.64. The van der Waals surface area contributed by atoms with Gasteiger partial charge in [-0.15, -0.1) is 0 Å². The largest absolute Gasteiger partial charge is 0.368 e. The minimum atomic E-state index is -3.42. The van der Waals surface area contributed by atoms with Gasteiger partial charge in [-0.3, -0.25) is 0 Å². The van der Waals surface area contributed by atoms with Gasteiger partial charge in [-0.2, -0.15) is 0 Å². The molecule has 0 unspecified atom stereocenters. The Morgan fingerprint density at radius 1 is 1.10 bits per heavy atom. The monoisotopic (exact) mass is 449 g/mol. The first-order valence-electron chi connectivity index (χ1n) is 9.99. The fourth-order valence-corrected chi connectivity index (χ4v) is 4.25. The van der Waals surface area contributed by atoms with Gasteiger partial charge in [-0.05, 0) is 49.9 Å². The average Bonchev–Trinajstić information content (AvgIpc) is 2.77. The molecule has 2 aromatic rings. The molecule has 162 valence electrons. The molecule has 0 atom stereocenters. The van der Waals surface area contributed by atoms with Crippen molar-refractivity contribution in [1.29, 1.82) is 0 Å². The van der Waals surface area contributed by atoms with Gasteiger partial charge in [-0.1, -0.05) is 29.8 Å². The second-order valence-electron chi connectivity index (χ2n) is 6.98. The molecule has 0 spiro atoms. The zero-order chi connectivity index (χ0) is 21.6. The summed E-state index contributed by atoms with van der Waals surface area (Å²) in [6, 6.07) is 14.7. The van der Waals surface area contributed by atoms with E-state index in [1.54, 1.807) is 24.3 Å². The van der Waals surface area contributed by atoms with Crippen molar-refractivity contribution >= 4 is 33.3 Å². The summed E-state index contributed by atoms with van der Waals surface area (Å²) < 4.78 is 26.0. The molecule has 1 saturated heterocycles. The van der Waals surface area contributed by atoms with E-state index in [1.807, 2.05) is 18.2 Å². The van der Waals surface area contributed by atoms with Crippen molar-refractivity contribution in [1.82, 2.24) is 14.9 Å². The number of nitrogens with zero attached hydrogens (tertiary/aromatic N) is 3. The topological polar surface area (TPSA) is 77.0 Å². The van der Waals surface area contributed by atoms with Crippen LogP contribution in [-0.2, 0) is 16.6 Å². The Morgan fingerprint density at radius 2 is 1.80 bits per heavy atom. The predicted molar refractivity (Wildman–Crippen MR) is 123 cm³/mol. The fraction of sp³-hybridized carbons (Fsp3) is 0.381. The highest BCUT2D eigenvalue weighted by atomic mass is 35.5. The van der Waals surface area contributed by atoms with E-state index < -0.39 is 10.0 Å². The molecule has 1 aliphatic heterocycles. The van der Waals surface area contributed by atoms with E-state index in [1.165, 1.54) is 7.05 Å². The second-order valence-corrected chi connectivity index (χ2v) is 9.30. The van der Waals surface area contributed by atoms with Crippen LogP contribution in [-0.4, -0.2) is 59.0 Å². The van der Waals surface area contributed by atoms with Gasteiger partial charge < -0.3 is 15.1 Å². The fourth-order valence-electron chi connectivity index (χ4n) is 3.33. The Kier molecular flexibility index (Phi) is 7.58. The lowest BCUT2D eigenvalue weighted by Crippen LogP contribution is -2.52. The average molecular weight is 450 g/mol. The minimum Gasteiger partial charge on any atom is -0.368 e. The van der Waals surface area contributed by atoms with E-state index in [-0.39, 0.29) is 4.90 Å². The highest BCUT2D eigenvalue weighted by Crippen LogP contribution is 2.21. The third-order valence-electron chi connectivity index (χ3n) is 5.00. The molecule has 0 radical (unpaired) electrons. The molecule has 0 bridgehead atoms. The lowest BCUT2D eigenvalue weighted by Gasteiger charge is -2.37. The molecule has 7 nitrogen and oxygen atoms in total. The molecule has 30 heavy (non-hydrogen) atoms. The summed E-state index contributed by atoms with van der Waals surface area (Å²) in [6.07, 6.45) is 0. The molecule has 1 heterocycles. The van der Waals surface area contributed by atoms with E-state index in [0.29, 0.717) is 6.54 Å². The first kappa shape index (κ1) is 22.4. The van der Waals surface area contributed by atoms with Crippen LogP contribution in [0.4, 0.5) is 5.69 Å². The van der Waals surface area contributed by atoms with Crippen LogP contribution in [0.15, 0.2) is 58.4 Å². The Hall–Kier alpha value is -2.29. The van der Waals surface area contributed by atoms with Gasteiger partial charge in [0.25, 0.3) is 0 Å². The first-order valence-corrected chi connectivity index (χ1v) is 11.9. The van der Waals surface area contributed by atoms with Crippen LogP contribution < -0.4 is 14.9 Å². The molecule has 1 fully saturated rings. The lowest BCUT2D eigenvalue weighted by atomic mass is 10.2. The summed E-state index contributed by atoms with van der Waals surface area (Å²) >= 11 is 6.12. The number of sulfonamides is 1. The van der Waals surface area contributed by atoms with E-state index in [4.69, 9.17) is 16.6 Å². The number of piperazine rings is 1. The Labute approximate surface area is 183 Å². The summed E-state index contributed by atoms with van der Waals surface area (Å²) in [6.45, 7) is 6.82. The minimum absolute atomic E-state index is 0.252. The zero-order valence-electron chi connectivity index (χ0n) is 17.3. The van der Waals surface area contributed by atoms with Crippen LogP contribution >= 0.6 is 11.6 Å². The number of hydrogen-bond acceptors (Lipinski definition) is 4. The highest BCUT2D eigenvalue weighted by Gasteiger charge is 2.20. The quantitative estimate of drug-likeness (QED) is 0.523. The van der Waals surface area contributed by atoms with Crippen molar-refractivity contribution in [3.8, 4) is 0 Å². The van der Waals surface area contributed by atoms with Crippen molar-refractivity contribution in [3.05, 3.63) is 59.1 Å². The highest BCUT2D eigenvalue weighted by molar-refractivity contribution is 7.89. The number of aliphatic imine (C=N–C) groups is 1. The van der Waals surface area contributed by atoms with Crippen molar-refractivity contribution in [2.45, 2.75) is 18.4 Å². The van der Waals surface area contributed by atoms with Gasteiger partial charge in [0.05, 0.1) is 11.4 Å². The molecule has 0 amide bonds. The van der Waals surface area contributed by atoms with Crippen molar-refractivity contribution in [2.24, 2.45) is 4.99 Å². The maximum absolute atomic E-state index is 11.9. The summed E-state index contributed by atoms with van der Waals surface area (Å²) in [7, 11) is -2.02. The SMILES string of the molecule is CCNC(=NCc1ccc(S(=O)(=O)NC)cc1)N1CCN(c2cccc(Cl)c2)CC1. The van der Waals surface area contributed by atoms with E-state index >= 15 is 0 Å². The van der Waals surface area contributed by atoms with Gasteiger partial charge >= 0.3 is 0 Å². The van der Waals surface area contributed by atoms with Crippen LogP contribution in [0.2, 0.25) is 5.02 Å². The van der Waals surface area contributed by atoms with Crippen LogP contribution in [0.3, 0.4) is 0 Å². The molecule has 2 N–H and O–H groups in total. The molecule has 2 aromatic carbocycles. The van der Waals surface area contributed by atoms with Crippen molar-refractivity contribution in [2.75, 3.05) is 44.7 Å². The number of rotatable bonds is 6. The van der Waals surface area contributed by atoms with E-state index in [9.17, 15) is 8.42 Å². The molecule has 0 aromatic heterocycles. The number of guanidine groups is 1. The second kappa shape index (κ2) is 10.1. The summed E-state index contributed by atoms with van der Waals surface area (Å²) in [5, 5.41) is 4.11. The van der Waals surface area contributed by atoms with Gasteiger partial charge in [0.2, 0.25) is 10.0 Å². The van der Waals surface area contributed by atoms with Gasteiger partial charge in [-0.25, -0.2) is 18.1 Å². The molecule has 0 aliphatic carbocycles. The zero-order valence-corrected chi connectivity index (χ0v) is 18.9. The van der Waals surface area contributed by atoms with Crippen LogP contribution in [0.5, 0.6) is 0 Å². The number of anilines is 1. The van der Waals surface area contributed by atoms with E-state index in [0.717, 1.165) is 55.0 Å². The predicted octanol–water partition coefficient (Wildman–Crippen LogP) is 2.54. The summed E-state index contributed by atoms with van der Waals surface area (Å²) in [5.41, 5.74) is 2.10. The van der Waals surface area contributed by atoms with Crippen molar-refractivity contribution in [3.63, 3.8) is 0 Å². The lowest BCUT2D eigenvalue weighted by molar-refractivity contribution is 0.372. The van der Waals surface area contributed by atoms with Gasteiger partial charge in [0.15, 0.2) is 5.96 Å². The van der Waals surface area contributed by atoms with Crippen LogP contribution in [0.25, 0.3) is 0 Å². The molecule has 0 saturated carbocycles. The smallest absolute Gasteiger partial charge is 0.240 e. The molecule has 9 heteroatoms. The third kappa shape index (κ3) is 5.65. The van der Waals surface area contributed by atoms with E-state index in [2.05, 4.69) is 32.8 Å². The summed E-state index contributed by atoms with van der Waals surface area (Å²) in [4.78, 5) is 9.59. The standard InChI is InChI=1S/C21H28ClN5O2S/c1-3-24-21(25-16-17-7-9-20(10-8-17)30(28,29)23-2)27-13-11-26(12-14-27)19-6-4-5-18(22)15-19/h4-10,15,23H,3,11-14,16H2,1-2H3,(H,24,25). The normalized spacial score (nSPS) is 15.4. The number of halogens is 1. The van der Waals surface area contributed by atoms with Crippen molar-refractivity contribution < 1.29 is 8.42 Å². The number of benzene rings is 2. The van der Waals surface area contributed by atoms with Gasteiger partial charge in [0.1, 0.15) is 0 Å². The maximum atomic E-state index is 11.9. The molecule has 3 rings (SSSR count). The third-order valence-corrected chi connectivity index (χ3v) is 6.67. The molecule has 1 aliphatic rings. The molecular weight excluding hydrogens is 422 g/mol. The van der Waals surface area contributed by atoms with Crippen LogP contribution in [0.1, 0.15) is 12.5 Å². The Morgan fingerprint density at radius 3 is 2.40 bits per heavy atom. The maximum Gasteiger partial charge on any atom is 0.240 e. The summed E-state index contributed by atoms with van der Waals surface area (Å²) in [5.74, 6) is 0.871.